The number of hydrogen-bond acceptors (Lipinski definition) is 4. The second-order valence-electron chi connectivity index (χ2n) is 8.00. The van der Waals surface area contributed by atoms with E-state index < -0.39 is 0 Å². The van der Waals surface area contributed by atoms with Crippen molar-refractivity contribution in [2.45, 2.75) is 69.6 Å². The Morgan fingerprint density at radius 1 is 1.11 bits per heavy atom. The van der Waals surface area contributed by atoms with Gasteiger partial charge >= 0.3 is 0 Å². The van der Waals surface area contributed by atoms with E-state index in [2.05, 4.69) is 39.8 Å². The molecule has 2 fully saturated rings. The predicted molar refractivity (Wildman–Crippen MR) is 109 cm³/mol. The second kappa shape index (κ2) is 10.8. The van der Waals surface area contributed by atoms with Gasteiger partial charge in [0.25, 0.3) is 0 Å². The van der Waals surface area contributed by atoms with E-state index in [1.807, 2.05) is 6.07 Å². The van der Waals surface area contributed by atoms with E-state index in [9.17, 15) is 4.79 Å². The number of methoxy groups -OCH3 is 1. The van der Waals surface area contributed by atoms with Crippen molar-refractivity contribution in [3.63, 3.8) is 0 Å². The Bertz CT molecular complexity index is 558. The van der Waals surface area contributed by atoms with Gasteiger partial charge in [0.2, 0.25) is 5.91 Å². The SMILES string of the molecule is COCCNC(=O)[C@@H]1C[C@@H](NC2CCCCCC2)CN1Cc1ccccc1. The molecular formula is C22H35N3O2. The molecule has 3 rings (SSSR count). The van der Waals surface area contributed by atoms with Crippen LogP contribution in [0.5, 0.6) is 0 Å². The van der Waals surface area contributed by atoms with Gasteiger partial charge in [-0.15, -0.1) is 0 Å². The molecule has 1 saturated carbocycles. The number of benzene rings is 1. The van der Waals surface area contributed by atoms with E-state index in [4.69, 9.17) is 4.74 Å². The number of amides is 1. The van der Waals surface area contributed by atoms with Crippen LogP contribution >= 0.6 is 0 Å². The number of nitrogens with zero attached hydrogens (tertiary/aromatic N) is 1. The minimum absolute atomic E-state index is 0.0645. The van der Waals surface area contributed by atoms with Crippen LogP contribution < -0.4 is 10.6 Å². The number of ether oxygens (including phenoxy) is 1. The molecule has 0 bridgehead atoms. The van der Waals surface area contributed by atoms with Gasteiger partial charge in [-0.2, -0.15) is 0 Å². The fourth-order valence-electron chi connectivity index (χ4n) is 4.46. The molecule has 1 amide bonds. The summed E-state index contributed by atoms with van der Waals surface area (Å²) < 4.78 is 5.07. The van der Waals surface area contributed by atoms with Gasteiger partial charge in [-0.25, -0.2) is 0 Å². The summed E-state index contributed by atoms with van der Waals surface area (Å²) >= 11 is 0. The quantitative estimate of drug-likeness (QED) is 0.543. The van der Waals surface area contributed by atoms with E-state index in [0.29, 0.717) is 25.2 Å². The Morgan fingerprint density at radius 3 is 2.56 bits per heavy atom. The molecule has 150 valence electrons. The Labute approximate surface area is 163 Å². The summed E-state index contributed by atoms with van der Waals surface area (Å²) in [6, 6.07) is 11.4. The Morgan fingerprint density at radius 2 is 1.85 bits per heavy atom. The van der Waals surface area contributed by atoms with Crippen molar-refractivity contribution in [2.24, 2.45) is 0 Å². The molecule has 2 aliphatic rings. The third-order valence-corrected chi connectivity index (χ3v) is 5.87. The number of rotatable bonds is 8. The topological polar surface area (TPSA) is 53.6 Å². The van der Waals surface area contributed by atoms with Crippen molar-refractivity contribution in [3.05, 3.63) is 35.9 Å². The number of carbonyl (C=O) groups excluding carboxylic acids is 1. The van der Waals surface area contributed by atoms with Crippen LogP contribution in [0.3, 0.4) is 0 Å². The maximum Gasteiger partial charge on any atom is 0.237 e. The zero-order valence-electron chi connectivity index (χ0n) is 16.7. The summed E-state index contributed by atoms with van der Waals surface area (Å²) in [5.74, 6) is 0.133. The molecule has 0 spiro atoms. The number of nitrogens with one attached hydrogen (secondary N) is 2. The van der Waals surface area contributed by atoms with Crippen molar-refractivity contribution in [2.75, 3.05) is 26.8 Å². The van der Waals surface area contributed by atoms with Crippen LogP contribution in [0.15, 0.2) is 30.3 Å². The molecule has 0 radical (unpaired) electrons. The van der Waals surface area contributed by atoms with Crippen LogP contribution in [0.2, 0.25) is 0 Å². The van der Waals surface area contributed by atoms with Crippen molar-refractivity contribution in [1.82, 2.24) is 15.5 Å². The smallest absolute Gasteiger partial charge is 0.237 e. The summed E-state index contributed by atoms with van der Waals surface area (Å²) in [7, 11) is 1.66. The molecule has 1 aromatic carbocycles. The molecule has 2 N–H and O–H groups in total. The predicted octanol–water partition coefficient (Wildman–Crippen LogP) is 2.70. The van der Waals surface area contributed by atoms with Gasteiger partial charge in [0.05, 0.1) is 12.6 Å². The van der Waals surface area contributed by atoms with Crippen LogP contribution in [0.25, 0.3) is 0 Å². The standard InChI is InChI=1S/C22H35N3O2/c1-27-14-13-23-22(26)21-15-20(24-19-11-7-2-3-8-12-19)17-25(21)16-18-9-5-4-6-10-18/h4-6,9-10,19-21,24H,2-3,7-8,11-17H2,1H3,(H,23,26)/t20-,21+/m1/s1. The molecule has 1 aliphatic carbocycles. The summed E-state index contributed by atoms with van der Waals surface area (Å²) in [5, 5.41) is 6.92. The van der Waals surface area contributed by atoms with E-state index in [-0.39, 0.29) is 11.9 Å². The molecular weight excluding hydrogens is 338 g/mol. The zero-order valence-corrected chi connectivity index (χ0v) is 16.7. The highest BCUT2D eigenvalue weighted by Crippen LogP contribution is 2.24. The third-order valence-electron chi connectivity index (χ3n) is 5.87. The average molecular weight is 374 g/mol. The van der Waals surface area contributed by atoms with Crippen LogP contribution in [0.4, 0.5) is 0 Å². The minimum Gasteiger partial charge on any atom is -0.383 e. The summed E-state index contributed by atoms with van der Waals surface area (Å²) in [6.07, 6.45) is 8.85. The van der Waals surface area contributed by atoms with Crippen LogP contribution in [0.1, 0.15) is 50.5 Å². The maximum absolute atomic E-state index is 12.8. The van der Waals surface area contributed by atoms with Gasteiger partial charge in [-0.3, -0.25) is 9.69 Å². The Balaban J connectivity index is 1.61. The summed E-state index contributed by atoms with van der Waals surface area (Å²) in [4.78, 5) is 15.1. The summed E-state index contributed by atoms with van der Waals surface area (Å²) in [6.45, 7) is 2.90. The van der Waals surface area contributed by atoms with Gasteiger partial charge in [0.15, 0.2) is 0 Å². The lowest BCUT2D eigenvalue weighted by molar-refractivity contribution is -0.125. The fraction of sp³-hybridized carbons (Fsp3) is 0.682. The van der Waals surface area contributed by atoms with E-state index in [1.165, 1.54) is 44.1 Å². The van der Waals surface area contributed by atoms with Gasteiger partial charge in [-0.05, 0) is 24.8 Å². The average Bonchev–Trinajstić information content (AvgIpc) is 2.89. The van der Waals surface area contributed by atoms with E-state index in [0.717, 1.165) is 19.5 Å². The molecule has 1 aromatic rings. The van der Waals surface area contributed by atoms with Gasteiger partial charge in [-0.1, -0.05) is 56.0 Å². The van der Waals surface area contributed by atoms with Crippen LogP contribution in [-0.2, 0) is 16.1 Å². The summed E-state index contributed by atoms with van der Waals surface area (Å²) in [5.41, 5.74) is 1.27. The van der Waals surface area contributed by atoms with Gasteiger partial charge < -0.3 is 15.4 Å². The van der Waals surface area contributed by atoms with Crippen molar-refractivity contribution < 1.29 is 9.53 Å². The zero-order chi connectivity index (χ0) is 18.9. The molecule has 5 nitrogen and oxygen atoms in total. The molecule has 27 heavy (non-hydrogen) atoms. The molecule has 0 aromatic heterocycles. The highest BCUT2D eigenvalue weighted by molar-refractivity contribution is 5.82. The number of hydrogen-bond donors (Lipinski definition) is 2. The van der Waals surface area contributed by atoms with E-state index in [1.54, 1.807) is 7.11 Å². The van der Waals surface area contributed by atoms with Gasteiger partial charge in [0, 0.05) is 38.8 Å². The lowest BCUT2D eigenvalue weighted by Gasteiger charge is -2.24. The molecule has 1 heterocycles. The first kappa shape index (κ1) is 20.3. The first-order valence-electron chi connectivity index (χ1n) is 10.6. The molecule has 1 aliphatic heterocycles. The van der Waals surface area contributed by atoms with Crippen molar-refractivity contribution in [1.29, 1.82) is 0 Å². The highest BCUT2D eigenvalue weighted by Gasteiger charge is 2.37. The first-order valence-corrected chi connectivity index (χ1v) is 10.6. The lowest BCUT2D eigenvalue weighted by Crippen LogP contribution is -2.43. The monoisotopic (exact) mass is 373 g/mol. The fourth-order valence-corrected chi connectivity index (χ4v) is 4.46. The minimum atomic E-state index is -0.0645. The largest absolute Gasteiger partial charge is 0.383 e. The Hall–Kier alpha value is -1.43. The van der Waals surface area contributed by atoms with Crippen LogP contribution in [0, 0.1) is 0 Å². The normalized spacial score (nSPS) is 24.6. The first-order chi connectivity index (χ1) is 13.3. The molecule has 0 unspecified atom stereocenters. The third kappa shape index (κ3) is 6.30. The molecule has 5 heteroatoms. The second-order valence-corrected chi connectivity index (χ2v) is 8.00. The maximum atomic E-state index is 12.8. The molecule has 1 saturated heterocycles. The highest BCUT2D eigenvalue weighted by atomic mass is 16.5. The van der Waals surface area contributed by atoms with Crippen molar-refractivity contribution >= 4 is 5.91 Å². The van der Waals surface area contributed by atoms with Crippen molar-refractivity contribution in [3.8, 4) is 0 Å². The van der Waals surface area contributed by atoms with E-state index >= 15 is 0 Å². The Kier molecular flexibility index (Phi) is 8.11. The number of likely N-dealkylation sites (tertiary alicyclic amines) is 1. The van der Waals surface area contributed by atoms with Gasteiger partial charge in [0.1, 0.15) is 0 Å². The molecule has 2 atom stereocenters. The lowest BCUT2D eigenvalue weighted by atomic mass is 10.1. The van der Waals surface area contributed by atoms with Crippen LogP contribution in [-0.4, -0.2) is 55.7 Å². The number of carbonyl (C=O) groups is 1.